The van der Waals surface area contributed by atoms with Gasteiger partial charge < -0.3 is 4.74 Å². The summed E-state index contributed by atoms with van der Waals surface area (Å²) in [7, 11) is 0. The van der Waals surface area contributed by atoms with Crippen LogP contribution in [0.3, 0.4) is 0 Å². The smallest absolute Gasteiger partial charge is 0.186 e. The van der Waals surface area contributed by atoms with Crippen LogP contribution in [0.25, 0.3) is 49.9 Å². The van der Waals surface area contributed by atoms with Gasteiger partial charge in [-0.25, -0.2) is 4.98 Å². The van der Waals surface area contributed by atoms with E-state index in [0.29, 0.717) is 28.2 Å². The number of benzene rings is 7. The second kappa shape index (κ2) is 13.1. The monoisotopic (exact) mass is 768 g/mol. The fraction of sp³-hybridized carbons (Fsp3) is 0.111. The molecule has 7 aromatic carbocycles. The van der Waals surface area contributed by atoms with Crippen LogP contribution in [0.5, 0.6) is 11.5 Å². The van der Waals surface area contributed by atoms with E-state index in [0.717, 1.165) is 72.6 Å². The summed E-state index contributed by atoms with van der Waals surface area (Å²) in [5.74, 6) is 2.26. The molecular weight excluding hydrogens is 721 g/mol. The molecule has 2 aromatic heterocycles. The Morgan fingerprint density at radius 3 is 2.00 bits per heavy atom. The predicted octanol–water partition coefficient (Wildman–Crippen LogP) is 14.3. The number of hydrogen-bond donors (Lipinski definition) is 0. The highest BCUT2D eigenvalue weighted by Gasteiger charge is 2.64. The average Bonchev–Trinajstić information content (AvgIpc) is 3.87. The molecule has 0 saturated carbocycles. The van der Waals surface area contributed by atoms with E-state index in [1.807, 2.05) is 42.6 Å². The number of fused-ring (bicyclic) bond motifs is 3. The zero-order valence-electron chi connectivity index (χ0n) is 36.3. The molecule has 12 rings (SSSR count). The summed E-state index contributed by atoms with van der Waals surface area (Å²) in [5, 5.41) is 2.27. The molecule has 2 bridgehead atoms. The molecule has 0 N–H and O–H groups in total. The van der Waals surface area contributed by atoms with E-state index in [-0.39, 0.29) is 9.90 Å². The van der Waals surface area contributed by atoms with E-state index >= 15 is 0 Å². The van der Waals surface area contributed by atoms with Gasteiger partial charge in [-0.3, -0.25) is 13.5 Å². The zero-order chi connectivity index (χ0) is 42.4. The van der Waals surface area contributed by atoms with Crippen molar-refractivity contribution in [2.24, 2.45) is 0 Å². The third kappa shape index (κ3) is 5.42. The average molecular weight is 769 g/mol. The Balaban J connectivity index is 1.04. The number of hydrogen-bond acceptors (Lipinski definition) is 2. The maximum Gasteiger partial charge on any atom is 0.186 e. The zero-order valence-corrected chi connectivity index (χ0v) is 33.3. The molecule has 0 radical (unpaired) electrons. The molecule has 3 aliphatic rings. The van der Waals surface area contributed by atoms with E-state index in [1.54, 1.807) is 6.07 Å². The number of nitrogens with zero attached hydrogens (tertiary/aromatic N) is 4. The van der Waals surface area contributed by atoms with E-state index in [4.69, 9.17) is 13.8 Å². The highest BCUT2D eigenvalue weighted by molar-refractivity contribution is 6.09. The summed E-state index contributed by atoms with van der Waals surface area (Å²) >= 11 is 0. The van der Waals surface area contributed by atoms with E-state index in [9.17, 15) is 0 Å². The molecule has 0 spiro atoms. The van der Waals surface area contributed by atoms with Gasteiger partial charge in [-0.05, 0) is 83.6 Å². The molecule has 5 heteroatoms. The van der Waals surface area contributed by atoms with Crippen molar-refractivity contribution < 1.29 is 8.85 Å². The summed E-state index contributed by atoms with van der Waals surface area (Å²) < 4.78 is 36.2. The molecule has 2 atom stereocenters. The van der Waals surface area contributed by atoms with Gasteiger partial charge in [0.1, 0.15) is 28.7 Å². The van der Waals surface area contributed by atoms with Crippen molar-refractivity contribution >= 4 is 44.6 Å². The van der Waals surface area contributed by atoms with Gasteiger partial charge in [0, 0.05) is 56.0 Å². The highest BCUT2D eigenvalue weighted by Crippen LogP contribution is 2.68. The van der Waals surface area contributed by atoms with Crippen LogP contribution >= 0.6 is 0 Å². The first kappa shape index (κ1) is 32.2. The van der Waals surface area contributed by atoms with Gasteiger partial charge in [0.25, 0.3) is 0 Å². The van der Waals surface area contributed by atoms with Gasteiger partial charge in [0.2, 0.25) is 0 Å². The Morgan fingerprint density at radius 1 is 0.610 bits per heavy atom. The number of aryl methyl sites for hydroxylation is 1. The first-order chi connectivity index (χ1) is 29.9. The first-order valence-corrected chi connectivity index (χ1v) is 20.2. The molecular formula is C54H45N4O+. The molecule has 0 aliphatic carbocycles. The molecule has 0 unspecified atom stereocenters. The fourth-order valence-corrected chi connectivity index (χ4v) is 9.61. The Kier molecular flexibility index (Phi) is 7.16. The lowest BCUT2D eigenvalue weighted by Crippen LogP contribution is -2.67. The van der Waals surface area contributed by atoms with Gasteiger partial charge in [-0.1, -0.05) is 124 Å². The summed E-state index contributed by atoms with van der Waals surface area (Å²) in [5.41, 5.74) is 11.7. The van der Waals surface area contributed by atoms with Crippen LogP contribution in [0.1, 0.15) is 36.0 Å². The minimum absolute atomic E-state index is 0.0340. The van der Waals surface area contributed by atoms with E-state index in [2.05, 4.69) is 165 Å². The number of ether oxygens (including phenoxy) is 1. The number of rotatable bonds is 7. The molecule has 59 heavy (non-hydrogen) atoms. The van der Waals surface area contributed by atoms with Crippen LogP contribution in [0.4, 0.5) is 22.7 Å². The second-order valence-electron chi connectivity index (χ2n) is 16.9. The van der Waals surface area contributed by atoms with Gasteiger partial charge in [-0.15, -0.1) is 0 Å². The van der Waals surface area contributed by atoms with Crippen molar-refractivity contribution in [3.05, 3.63) is 200 Å². The molecule has 5 heterocycles. The van der Waals surface area contributed by atoms with Gasteiger partial charge in [-0.2, -0.15) is 0 Å². The van der Waals surface area contributed by atoms with Crippen molar-refractivity contribution in [1.29, 1.82) is 0 Å². The van der Waals surface area contributed by atoms with Crippen LogP contribution in [0.2, 0.25) is 0 Å². The summed E-state index contributed by atoms with van der Waals surface area (Å²) in [6, 6.07) is 60.4. The largest absolute Gasteiger partial charge is 0.457 e. The Hall–Kier alpha value is -6.79. The topological polar surface area (TPSA) is 27.1 Å². The standard InChI is InChI=1S/C54H45N4O/c1-37-16-13-27-50-52(37)58(53-44(38-17-7-5-8-18-38)24-15-25-45(53)39-19-9-6-10-20-39)35-57(50,36-58)41-21-14-22-42(33-41)59-43-28-29-47-46-23-11-12-26-48(46)56(49(47)34-43)51-32-40(30-31-55-51)54(2,3)4/h5-35H,36H2,1-4H3/q+1/t57-,58-/m1/s1/i1D3. The second-order valence-corrected chi connectivity index (χ2v) is 16.9. The van der Waals surface area contributed by atoms with E-state index < -0.39 is 6.85 Å². The lowest BCUT2D eigenvalue weighted by atomic mass is 9.88. The molecule has 3 aliphatic heterocycles. The maximum absolute atomic E-state index is 8.84. The van der Waals surface area contributed by atoms with Crippen LogP contribution in [-0.2, 0) is 5.41 Å². The SMILES string of the molecule is [2H]C([2H])([2H])c1cccc2c1[N@@+]1(c3c(-c4ccccc4)cccc3-c3ccccc3)[CH-][N@+]2(c2cccc(Oc3ccc4c5ccccc5n(-c5cc(C(C)(C)C)ccn5)c4c3)c2)C1. The van der Waals surface area contributed by atoms with Crippen molar-refractivity contribution in [2.45, 2.75) is 33.0 Å². The van der Waals surface area contributed by atoms with Crippen molar-refractivity contribution in [3.8, 4) is 39.6 Å². The number of aromatic nitrogens is 2. The van der Waals surface area contributed by atoms with Crippen molar-refractivity contribution in [1.82, 2.24) is 18.5 Å². The van der Waals surface area contributed by atoms with Crippen molar-refractivity contribution in [3.63, 3.8) is 0 Å². The highest BCUT2D eigenvalue weighted by atomic mass is 16.5. The van der Waals surface area contributed by atoms with Gasteiger partial charge in [0.05, 0.1) is 17.7 Å². The van der Waals surface area contributed by atoms with Crippen LogP contribution in [0, 0.1) is 13.5 Å². The number of quaternary nitrogens is 2. The van der Waals surface area contributed by atoms with Gasteiger partial charge in [0.15, 0.2) is 18.0 Å². The normalized spacial score (nSPS) is 19.1. The minimum atomic E-state index is -2.34. The fourth-order valence-electron chi connectivity index (χ4n) is 9.61. The summed E-state index contributed by atoms with van der Waals surface area (Å²) in [4.78, 5) is 4.87. The molecule has 9 aromatic rings. The van der Waals surface area contributed by atoms with Crippen LogP contribution < -0.4 is 13.7 Å². The van der Waals surface area contributed by atoms with Crippen molar-refractivity contribution in [2.75, 3.05) is 6.67 Å². The minimum Gasteiger partial charge on any atom is -0.457 e. The lowest BCUT2D eigenvalue weighted by Gasteiger charge is -2.57. The lowest BCUT2D eigenvalue weighted by molar-refractivity contribution is 0.187. The van der Waals surface area contributed by atoms with Crippen LogP contribution in [0.15, 0.2) is 182 Å². The summed E-state index contributed by atoms with van der Waals surface area (Å²) in [6.45, 7) is 7.21. The Morgan fingerprint density at radius 2 is 1.27 bits per heavy atom. The third-order valence-electron chi connectivity index (χ3n) is 12.3. The molecule has 1 fully saturated rings. The maximum atomic E-state index is 8.84. The van der Waals surface area contributed by atoms with Crippen LogP contribution in [-0.4, -0.2) is 16.2 Å². The van der Waals surface area contributed by atoms with Gasteiger partial charge >= 0.3 is 0 Å². The summed E-state index contributed by atoms with van der Waals surface area (Å²) in [6.07, 6.45) is 1.90. The first-order valence-electron chi connectivity index (χ1n) is 21.7. The van der Waals surface area contributed by atoms with E-state index in [1.165, 1.54) is 5.56 Å². The number of para-hydroxylation sites is 3. The molecule has 286 valence electrons. The molecule has 5 nitrogen and oxygen atoms in total. The molecule has 0 amide bonds. The molecule has 1 saturated heterocycles. The predicted molar refractivity (Wildman–Crippen MR) is 244 cm³/mol. The Bertz CT molecular complexity index is 3140. The Labute approximate surface area is 350 Å². The third-order valence-corrected chi connectivity index (χ3v) is 12.3. The number of pyridine rings is 1. The quantitative estimate of drug-likeness (QED) is 0.119.